The topological polar surface area (TPSA) is 77.7 Å². The van der Waals surface area contributed by atoms with Gasteiger partial charge < -0.3 is 20.1 Å². The maximum atomic E-state index is 12.5. The lowest BCUT2D eigenvalue weighted by atomic mass is 10.2. The molecule has 0 atom stereocenters. The Morgan fingerprint density at radius 2 is 2.13 bits per heavy atom. The SMILES string of the molecule is C=C/C(=C\C=C(/N)c1cc2nccc(Cl)c2s1)CN(CCOC)C(=O)OC(C)(C)C. The quantitative estimate of drug-likeness (QED) is 0.557. The van der Waals surface area contributed by atoms with Crippen LogP contribution in [0.2, 0.25) is 5.02 Å². The molecule has 0 spiro atoms. The highest BCUT2D eigenvalue weighted by Crippen LogP contribution is 2.32. The Bertz CT molecular complexity index is 960. The van der Waals surface area contributed by atoms with Crippen molar-refractivity contribution in [1.82, 2.24) is 9.88 Å². The van der Waals surface area contributed by atoms with E-state index in [0.717, 1.165) is 20.7 Å². The summed E-state index contributed by atoms with van der Waals surface area (Å²) >= 11 is 7.71. The molecule has 2 rings (SSSR count). The van der Waals surface area contributed by atoms with Crippen LogP contribution in [0.3, 0.4) is 0 Å². The molecule has 0 saturated heterocycles. The van der Waals surface area contributed by atoms with E-state index in [-0.39, 0.29) is 0 Å². The summed E-state index contributed by atoms with van der Waals surface area (Å²) in [5, 5.41) is 0.650. The molecular formula is C22H28ClN3O3S. The summed E-state index contributed by atoms with van der Waals surface area (Å²) in [4.78, 5) is 19.3. The van der Waals surface area contributed by atoms with Crippen LogP contribution < -0.4 is 5.73 Å². The van der Waals surface area contributed by atoms with Gasteiger partial charge in [-0.05, 0) is 44.6 Å². The summed E-state index contributed by atoms with van der Waals surface area (Å²) < 4.78 is 11.5. The maximum Gasteiger partial charge on any atom is 0.410 e. The van der Waals surface area contributed by atoms with Gasteiger partial charge in [0, 0.05) is 32.1 Å². The van der Waals surface area contributed by atoms with Crippen molar-refractivity contribution in [3.63, 3.8) is 0 Å². The van der Waals surface area contributed by atoms with E-state index in [1.165, 1.54) is 11.3 Å². The van der Waals surface area contributed by atoms with E-state index >= 15 is 0 Å². The van der Waals surface area contributed by atoms with Gasteiger partial charge in [0.1, 0.15) is 5.60 Å². The van der Waals surface area contributed by atoms with Crippen LogP contribution in [0.25, 0.3) is 15.9 Å². The number of nitrogens with zero attached hydrogens (tertiary/aromatic N) is 2. The Hall–Kier alpha value is -2.35. The number of nitrogens with two attached hydrogens (primary N) is 1. The number of ether oxygens (including phenoxy) is 2. The number of halogens is 1. The van der Waals surface area contributed by atoms with Gasteiger partial charge in [0.2, 0.25) is 0 Å². The summed E-state index contributed by atoms with van der Waals surface area (Å²) in [5.74, 6) is 0. The average Bonchev–Trinajstić information content (AvgIpc) is 3.11. The van der Waals surface area contributed by atoms with Crippen LogP contribution in [-0.4, -0.2) is 48.4 Å². The Labute approximate surface area is 186 Å². The molecule has 2 aromatic heterocycles. The van der Waals surface area contributed by atoms with Crippen molar-refractivity contribution in [1.29, 1.82) is 0 Å². The third kappa shape index (κ3) is 6.86. The number of fused-ring (bicyclic) bond motifs is 1. The highest BCUT2D eigenvalue weighted by molar-refractivity contribution is 7.20. The highest BCUT2D eigenvalue weighted by atomic mass is 35.5. The molecule has 0 radical (unpaired) electrons. The Kier molecular flexibility index (Phi) is 8.46. The molecule has 2 N–H and O–H groups in total. The zero-order valence-electron chi connectivity index (χ0n) is 17.8. The summed E-state index contributed by atoms with van der Waals surface area (Å²) in [6, 6.07) is 3.66. The minimum atomic E-state index is -0.582. The number of carbonyl (C=O) groups is 1. The molecule has 0 aromatic carbocycles. The maximum absolute atomic E-state index is 12.5. The normalized spacial score (nSPS) is 12.8. The molecular weight excluding hydrogens is 422 g/mol. The molecule has 30 heavy (non-hydrogen) atoms. The Morgan fingerprint density at radius 1 is 1.40 bits per heavy atom. The van der Waals surface area contributed by atoms with Gasteiger partial charge in [-0.1, -0.05) is 30.3 Å². The van der Waals surface area contributed by atoms with Crippen molar-refractivity contribution in [3.8, 4) is 0 Å². The molecule has 6 nitrogen and oxygen atoms in total. The van der Waals surface area contributed by atoms with Crippen LogP contribution >= 0.6 is 22.9 Å². The molecule has 162 valence electrons. The summed E-state index contributed by atoms with van der Waals surface area (Å²) in [6.07, 6.45) is 6.58. The molecule has 2 heterocycles. The zero-order chi connectivity index (χ0) is 22.3. The lowest BCUT2D eigenvalue weighted by Gasteiger charge is -2.27. The molecule has 0 aliphatic heterocycles. The van der Waals surface area contributed by atoms with E-state index < -0.39 is 11.7 Å². The van der Waals surface area contributed by atoms with Crippen LogP contribution in [0.5, 0.6) is 0 Å². The first-order valence-electron chi connectivity index (χ1n) is 9.44. The summed E-state index contributed by atoms with van der Waals surface area (Å²) in [6.45, 7) is 10.5. The number of methoxy groups -OCH3 is 1. The predicted octanol–water partition coefficient (Wildman–Crippen LogP) is 5.25. The molecule has 0 saturated carbocycles. The average molecular weight is 450 g/mol. The molecule has 2 aromatic rings. The monoisotopic (exact) mass is 449 g/mol. The molecule has 0 fully saturated rings. The first-order valence-corrected chi connectivity index (χ1v) is 10.6. The number of thiophene rings is 1. The van der Waals surface area contributed by atoms with Crippen LogP contribution in [0.15, 0.2) is 48.7 Å². The smallest absolute Gasteiger partial charge is 0.410 e. The van der Waals surface area contributed by atoms with E-state index in [0.29, 0.717) is 30.4 Å². The molecule has 0 bridgehead atoms. The van der Waals surface area contributed by atoms with E-state index in [1.54, 1.807) is 36.4 Å². The Balaban J connectivity index is 2.20. The molecule has 8 heteroatoms. The Morgan fingerprint density at radius 3 is 2.73 bits per heavy atom. The number of amides is 1. The second kappa shape index (κ2) is 10.6. The van der Waals surface area contributed by atoms with Crippen LogP contribution in [0, 0.1) is 0 Å². The summed E-state index contributed by atoms with van der Waals surface area (Å²) in [5.41, 5.74) is 7.88. The van der Waals surface area contributed by atoms with Crippen LogP contribution in [0.1, 0.15) is 25.6 Å². The number of pyridine rings is 1. The van der Waals surface area contributed by atoms with Gasteiger partial charge in [-0.15, -0.1) is 11.3 Å². The van der Waals surface area contributed by atoms with Gasteiger partial charge in [0.05, 0.1) is 26.7 Å². The van der Waals surface area contributed by atoms with Crippen molar-refractivity contribution in [3.05, 3.63) is 58.6 Å². The lowest BCUT2D eigenvalue weighted by Crippen LogP contribution is -2.39. The van der Waals surface area contributed by atoms with Crippen LogP contribution in [0.4, 0.5) is 4.79 Å². The van der Waals surface area contributed by atoms with Crippen molar-refractivity contribution < 1.29 is 14.3 Å². The predicted molar refractivity (Wildman–Crippen MR) is 125 cm³/mol. The lowest BCUT2D eigenvalue weighted by molar-refractivity contribution is 0.0222. The number of hydrogen-bond acceptors (Lipinski definition) is 6. The summed E-state index contributed by atoms with van der Waals surface area (Å²) in [7, 11) is 1.59. The number of allylic oxidation sites excluding steroid dienone is 2. The van der Waals surface area contributed by atoms with Gasteiger partial charge in [-0.2, -0.15) is 0 Å². The fraction of sp³-hybridized carbons (Fsp3) is 0.364. The first kappa shape index (κ1) is 23.9. The molecule has 0 unspecified atom stereocenters. The van der Waals surface area contributed by atoms with Crippen molar-refractivity contribution >= 4 is 44.9 Å². The van der Waals surface area contributed by atoms with E-state index in [9.17, 15) is 4.79 Å². The van der Waals surface area contributed by atoms with Gasteiger partial charge in [-0.3, -0.25) is 4.98 Å². The molecule has 1 amide bonds. The number of aromatic nitrogens is 1. The van der Waals surface area contributed by atoms with E-state index in [1.807, 2.05) is 32.9 Å². The third-order valence-electron chi connectivity index (χ3n) is 3.98. The van der Waals surface area contributed by atoms with E-state index in [2.05, 4.69) is 11.6 Å². The fourth-order valence-corrected chi connectivity index (χ4v) is 3.72. The van der Waals surface area contributed by atoms with Gasteiger partial charge in [0.15, 0.2) is 0 Å². The van der Waals surface area contributed by atoms with Crippen LogP contribution in [-0.2, 0) is 9.47 Å². The first-order chi connectivity index (χ1) is 14.1. The minimum Gasteiger partial charge on any atom is -0.444 e. The largest absolute Gasteiger partial charge is 0.444 e. The zero-order valence-corrected chi connectivity index (χ0v) is 19.3. The molecule has 0 aliphatic carbocycles. The minimum absolute atomic E-state index is 0.325. The van der Waals surface area contributed by atoms with Crippen molar-refractivity contribution in [2.75, 3.05) is 26.8 Å². The van der Waals surface area contributed by atoms with E-state index in [4.69, 9.17) is 26.8 Å². The van der Waals surface area contributed by atoms with Gasteiger partial charge in [-0.25, -0.2) is 4.79 Å². The van der Waals surface area contributed by atoms with Crippen molar-refractivity contribution in [2.45, 2.75) is 26.4 Å². The van der Waals surface area contributed by atoms with Gasteiger partial charge >= 0.3 is 6.09 Å². The third-order valence-corrected chi connectivity index (χ3v) is 5.61. The van der Waals surface area contributed by atoms with Gasteiger partial charge in [0.25, 0.3) is 0 Å². The highest BCUT2D eigenvalue weighted by Gasteiger charge is 2.22. The molecule has 0 aliphatic rings. The fourth-order valence-electron chi connectivity index (χ4n) is 2.50. The number of rotatable bonds is 8. The number of carbonyl (C=O) groups excluding carboxylic acids is 1. The van der Waals surface area contributed by atoms with Crippen molar-refractivity contribution in [2.24, 2.45) is 5.73 Å². The second-order valence-electron chi connectivity index (χ2n) is 7.58. The second-order valence-corrected chi connectivity index (χ2v) is 9.04. The standard InChI is InChI=1S/C22H28ClN3O3S/c1-6-15(14-26(11-12-28-5)21(27)29-22(2,3)4)7-8-17(24)19-13-18-20(30-19)16(23)9-10-25-18/h6-10,13H,1,11-12,14,24H2,2-5H3/b15-7+,17-8-. The number of hydrogen-bond donors (Lipinski definition) is 1.